The molecule has 19 heavy (non-hydrogen) atoms. The lowest BCUT2D eigenvalue weighted by Crippen LogP contribution is -1.94. The molecule has 0 aliphatic carbocycles. The van der Waals surface area contributed by atoms with Gasteiger partial charge in [0.15, 0.2) is 0 Å². The number of nitrogens with two attached hydrogens (primary N) is 1. The van der Waals surface area contributed by atoms with E-state index in [0.29, 0.717) is 0 Å². The van der Waals surface area contributed by atoms with Crippen LogP contribution in [0.1, 0.15) is 56.9 Å². The van der Waals surface area contributed by atoms with Gasteiger partial charge in [0.25, 0.3) is 0 Å². The summed E-state index contributed by atoms with van der Waals surface area (Å²) in [7, 11) is 0. The van der Waals surface area contributed by atoms with E-state index in [0.717, 1.165) is 13.0 Å². The van der Waals surface area contributed by atoms with Crippen LogP contribution in [-0.2, 0) is 6.42 Å². The highest BCUT2D eigenvalue weighted by atomic mass is 14.6. The molecule has 1 heterocycles. The highest BCUT2D eigenvalue weighted by molar-refractivity contribution is 5.08. The molecule has 106 valence electrons. The van der Waals surface area contributed by atoms with Gasteiger partial charge in [0.2, 0.25) is 0 Å². The van der Waals surface area contributed by atoms with E-state index in [2.05, 4.69) is 23.2 Å². The molecule has 1 aromatic heterocycles. The van der Waals surface area contributed by atoms with Crippen LogP contribution < -0.4 is 5.73 Å². The molecular weight excluding hydrogens is 232 g/mol. The average Bonchev–Trinajstić information content (AvgIpc) is 2.46. The maximum atomic E-state index is 5.42. The van der Waals surface area contributed by atoms with E-state index in [4.69, 9.17) is 5.73 Å². The van der Waals surface area contributed by atoms with Gasteiger partial charge in [-0.15, -0.1) is 0 Å². The second kappa shape index (κ2) is 11.9. The fraction of sp³-hybridized carbons (Fsp3) is 0.588. The number of aryl methyl sites for hydroxylation is 1. The van der Waals surface area contributed by atoms with Crippen LogP contribution in [-0.4, -0.2) is 11.5 Å². The third-order valence-electron chi connectivity index (χ3n) is 3.31. The predicted molar refractivity (Wildman–Crippen MR) is 83.1 cm³/mol. The van der Waals surface area contributed by atoms with Gasteiger partial charge in [0, 0.05) is 12.4 Å². The zero-order chi connectivity index (χ0) is 13.6. The normalized spacial score (nSPS) is 11.2. The quantitative estimate of drug-likeness (QED) is 0.477. The van der Waals surface area contributed by atoms with E-state index < -0.39 is 0 Å². The van der Waals surface area contributed by atoms with Crippen LogP contribution in [0.15, 0.2) is 36.7 Å². The van der Waals surface area contributed by atoms with Crippen molar-refractivity contribution in [3.05, 3.63) is 42.2 Å². The van der Waals surface area contributed by atoms with Gasteiger partial charge in [-0.25, -0.2) is 0 Å². The Bertz CT molecular complexity index is 319. The van der Waals surface area contributed by atoms with Crippen molar-refractivity contribution in [1.82, 2.24) is 4.98 Å². The zero-order valence-corrected chi connectivity index (χ0v) is 12.1. The number of hydrogen-bond donors (Lipinski definition) is 1. The minimum Gasteiger partial charge on any atom is -0.330 e. The Labute approximate surface area is 118 Å². The summed E-state index contributed by atoms with van der Waals surface area (Å²) in [6, 6.07) is 4.19. The van der Waals surface area contributed by atoms with Crippen molar-refractivity contribution in [2.75, 3.05) is 6.54 Å². The lowest BCUT2D eigenvalue weighted by atomic mass is 10.1. The molecule has 0 aliphatic heterocycles. The first kappa shape index (κ1) is 15.9. The number of allylic oxidation sites excluding steroid dienone is 1. The molecule has 0 saturated heterocycles. The lowest BCUT2D eigenvalue weighted by Gasteiger charge is -2.01. The fourth-order valence-corrected chi connectivity index (χ4v) is 2.18. The van der Waals surface area contributed by atoms with Crippen molar-refractivity contribution < 1.29 is 0 Å². The molecule has 2 heteroatoms. The summed E-state index contributed by atoms with van der Waals surface area (Å²) in [5.74, 6) is 0. The molecule has 0 spiro atoms. The summed E-state index contributed by atoms with van der Waals surface area (Å²) in [5.41, 5.74) is 6.79. The van der Waals surface area contributed by atoms with Gasteiger partial charge >= 0.3 is 0 Å². The van der Waals surface area contributed by atoms with Crippen LogP contribution >= 0.6 is 0 Å². The van der Waals surface area contributed by atoms with Gasteiger partial charge in [0.1, 0.15) is 0 Å². The molecule has 1 aromatic rings. The fourth-order valence-electron chi connectivity index (χ4n) is 2.18. The van der Waals surface area contributed by atoms with Gasteiger partial charge in [-0.3, -0.25) is 4.98 Å². The third-order valence-corrected chi connectivity index (χ3v) is 3.31. The molecule has 1 rings (SSSR count). The Morgan fingerprint density at radius 1 is 0.947 bits per heavy atom. The SMILES string of the molecule is NCC/C=C/CCCCCCCCc1cccnc1. The Morgan fingerprint density at radius 2 is 1.68 bits per heavy atom. The number of pyridine rings is 1. The molecule has 0 saturated carbocycles. The van der Waals surface area contributed by atoms with Crippen molar-refractivity contribution >= 4 is 0 Å². The minimum absolute atomic E-state index is 0.771. The molecule has 0 atom stereocenters. The first-order valence-corrected chi connectivity index (χ1v) is 7.67. The topological polar surface area (TPSA) is 38.9 Å². The molecular formula is C17H28N2. The summed E-state index contributed by atoms with van der Waals surface area (Å²) in [6.45, 7) is 0.771. The number of aromatic nitrogens is 1. The van der Waals surface area contributed by atoms with Crippen molar-refractivity contribution in [3.8, 4) is 0 Å². The summed E-state index contributed by atoms with van der Waals surface area (Å²) < 4.78 is 0. The monoisotopic (exact) mass is 260 g/mol. The van der Waals surface area contributed by atoms with Gasteiger partial charge in [0.05, 0.1) is 0 Å². The average molecular weight is 260 g/mol. The van der Waals surface area contributed by atoms with Gasteiger partial charge < -0.3 is 5.73 Å². The summed E-state index contributed by atoms with van der Waals surface area (Å²) in [4.78, 5) is 4.14. The van der Waals surface area contributed by atoms with E-state index in [1.807, 2.05) is 18.5 Å². The van der Waals surface area contributed by atoms with Crippen LogP contribution in [0.5, 0.6) is 0 Å². The Kier molecular flexibility index (Phi) is 9.97. The van der Waals surface area contributed by atoms with Crippen LogP contribution in [0.3, 0.4) is 0 Å². The molecule has 0 fully saturated rings. The predicted octanol–water partition coefficient (Wildman–Crippen LogP) is 4.26. The first-order valence-electron chi connectivity index (χ1n) is 7.67. The molecule has 0 aliphatic rings. The van der Waals surface area contributed by atoms with Crippen molar-refractivity contribution in [3.63, 3.8) is 0 Å². The van der Waals surface area contributed by atoms with Crippen molar-refractivity contribution in [1.29, 1.82) is 0 Å². The van der Waals surface area contributed by atoms with E-state index in [9.17, 15) is 0 Å². The molecule has 0 unspecified atom stereocenters. The molecule has 0 aromatic carbocycles. The van der Waals surface area contributed by atoms with E-state index in [1.54, 1.807) is 0 Å². The number of nitrogens with zero attached hydrogens (tertiary/aromatic N) is 1. The Hall–Kier alpha value is -1.15. The van der Waals surface area contributed by atoms with Gasteiger partial charge in [-0.05, 0) is 50.3 Å². The summed E-state index contributed by atoms with van der Waals surface area (Å²) >= 11 is 0. The van der Waals surface area contributed by atoms with Crippen LogP contribution in [0.25, 0.3) is 0 Å². The molecule has 0 bridgehead atoms. The Balaban J connectivity index is 1.84. The smallest absolute Gasteiger partial charge is 0.0299 e. The second-order valence-corrected chi connectivity index (χ2v) is 5.07. The van der Waals surface area contributed by atoms with Crippen LogP contribution in [0.2, 0.25) is 0 Å². The first-order chi connectivity index (χ1) is 9.43. The molecule has 2 N–H and O–H groups in total. The van der Waals surface area contributed by atoms with Crippen LogP contribution in [0.4, 0.5) is 0 Å². The zero-order valence-electron chi connectivity index (χ0n) is 12.1. The Morgan fingerprint density at radius 3 is 2.42 bits per heavy atom. The van der Waals surface area contributed by atoms with Gasteiger partial charge in [-0.1, -0.05) is 43.9 Å². The van der Waals surface area contributed by atoms with E-state index in [1.165, 1.54) is 56.9 Å². The maximum Gasteiger partial charge on any atom is 0.0299 e. The van der Waals surface area contributed by atoms with Crippen molar-refractivity contribution in [2.24, 2.45) is 5.73 Å². The number of hydrogen-bond acceptors (Lipinski definition) is 2. The largest absolute Gasteiger partial charge is 0.330 e. The summed E-state index contributed by atoms with van der Waals surface area (Å²) in [5, 5.41) is 0. The molecule has 0 amide bonds. The maximum absolute atomic E-state index is 5.42. The summed E-state index contributed by atoms with van der Waals surface area (Å²) in [6.07, 6.45) is 19.8. The third kappa shape index (κ3) is 9.43. The van der Waals surface area contributed by atoms with E-state index >= 15 is 0 Å². The number of unbranched alkanes of at least 4 members (excludes halogenated alkanes) is 6. The van der Waals surface area contributed by atoms with Gasteiger partial charge in [-0.2, -0.15) is 0 Å². The van der Waals surface area contributed by atoms with Crippen molar-refractivity contribution in [2.45, 2.75) is 57.8 Å². The highest BCUT2D eigenvalue weighted by Crippen LogP contribution is 2.10. The number of rotatable bonds is 11. The lowest BCUT2D eigenvalue weighted by molar-refractivity contribution is 0.596. The van der Waals surface area contributed by atoms with Crippen LogP contribution in [0, 0.1) is 0 Å². The molecule has 2 nitrogen and oxygen atoms in total. The molecule has 0 radical (unpaired) electrons. The minimum atomic E-state index is 0.771. The van der Waals surface area contributed by atoms with E-state index in [-0.39, 0.29) is 0 Å². The second-order valence-electron chi connectivity index (χ2n) is 5.07. The highest BCUT2D eigenvalue weighted by Gasteiger charge is 1.93. The standard InChI is InChI=1S/C17H28N2/c18-14-10-8-6-4-2-1-3-5-7-9-12-17-13-11-15-19-16-17/h6,8,11,13,15-16H,1-5,7,9-10,12,14,18H2/b8-6+.